The smallest absolute Gasteiger partial charge is 0.338 e. The quantitative estimate of drug-likeness (QED) is 0.590. The standard InChI is InChI=1S/C19H15N3O6/c20-9-12-5-7-13(8-6-12)19(25)27-11-17(23)21-22-18(24)16-10-26-14-3-1-2-4-15(14)28-16/h1-8,16H,10-11H2,(H,21,23)(H,22,24). The molecule has 1 aliphatic rings. The fraction of sp³-hybridized carbons (Fsp3) is 0.158. The van der Waals surface area contributed by atoms with Gasteiger partial charge in [-0.05, 0) is 36.4 Å². The number of amides is 2. The Labute approximate surface area is 159 Å². The van der Waals surface area contributed by atoms with Crippen molar-refractivity contribution in [2.75, 3.05) is 13.2 Å². The second kappa shape index (κ2) is 8.55. The Morgan fingerprint density at radius 1 is 1.07 bits per heavy atom. The summed E-state index contributed by atoms with van der Waals surface area (Å²) < 4.78 is 15.8. The van der Waals surface area contributed by atoms with E-state index in [1.165, 1.54) is 24.3 Å². The van der Waals surface area contributed by atoms with Gasteiger partial charge in [0, 0.05) is 0 Å². The van der Waals surface area contributed by atoms with Crippen molar-refractivity contribution in [1.82, 2.24) is 10.9 Å². The highest BCUT2D eigenvalue weighted by Gasteiger charge is 2.27. The van der Waals surface area contributed by atoms with E-state index in [2.05, 4.69) is 10.9 Å². The van der Waals surface area contributed by atoms with Crippen molar-refractivity contribution in [1.29, 1.82) is 5.26 Å². The predicted octanol–water partition coefficient (Wildman–Crippen LogP) is 0.702. The van der Waals surface area contributed by atoms with Crippen LogP contribution in [0.25, 0.3) is 0 Å². The van der Waals surface area contributed by atoms with E-state index < -0.39 is 30.5 Å². The summed E-state index contributed by atoms with van der Waals surface area (Å²) in [5.41, 5.74) is 4.92. The first-order valence-electron chi connectivity index (χ1n) is 8.21. The highest BCUT2D eigenvalue weighted by atomic mass is 16.6. The van der Waals surface area contributed by atoms with Gasteiger partial charge in [-0.25, -0.2) is 4.79 Å². The van der Waals surface area contributed by atoms with Gasteiger partial charge in [0.2, 0.25) is 6.10 Å². The Morgan fingerprint density at radius 2 is 1.79 bits per heavy atom. The molecule has 2 N–H and O–H groups in total. The molecule has 0 saturated carbocycles. The Hall–Kier alpha value is -4.06. The zero-order chi connectivity index (χ0) is 19.9. The molecule has 0 spiro atoms. The molecule has 0 fully saturated rings. The molecule has 1 heterocycles. The second-order valence-electron chi connectivity index (χ2n) is 5.67. The summed E-state index contributed by atoms with van der Waals surface area (Å²) in [4.78, 5) is 35.7. The van der Waals surface area contributed by atoms with Crippen LogP contribution in [0.1, 0.15) is 15.9 Å². The molecule has 2 aromatic carbocycles. The van der Waals surface area contributed by atoms with E-state index in [9.17, 15) is 14.4 Å². The number of ether oxygens (including phenoxy) is 3. The largest absolute Gasteiger partial charge is 0.485 e. The molecular weight excluding hydrogens is 366 g/mol. The van der Waals surface area contributed by atoms with Gasteiger partial charge in [0.1, 0.15) is 6.61 Å². The molecular formula is C19H15N3O6. The van der Waals surface area contributed by atoms with E-state index in [0.717, 1.165) is 0 Å². The molecule has 0 bridgehead atoms. The van der Waals surface area contributed by atoms with Crippen LogP contribution in [0.3, 0.4) is 0 Å². The van der Waals surface area contributed by atoms with Crippen LogP contribution in [0, 0.1) is 11.3 Å². The van der Waals surface area contributed by atoms with Crippen molar-refractivity contribution in [2.24, 2.45) is 0 Å². The number of nitriles is 1. The maximum atomic E-state index is 12.1. The Balaban J connectivity index is 1.42. The zero-order valence-corrected chi connectivity index (χ0v) is 14.5. The van der Waals surface area contributed by atoms with Crippen molar-refractivity contribution >= 4 is 17.8 Å². The number of carbonyl (C=O) groups excluding carboxylic acids is 3. The molecule has 0 radical (unpaired) electrons. The summed E-state index contributed by atoms with van der Waals surface area (Å²) in [5.74, 6) is -1.11. The summed E-state index contributed by atoms with van der Waals surface area (Å²) >= 11 is 0. The third kappa shape index (κ3) is 4.56. The fourth-order valence-corrected chi connectivity index (χ4v) is 2.29. The Morgan fingerprint density at radius 3 is 2.50 bits per heavy atom. The average molecular weight is 381 g/mol. The number of nitrogens with one attached hydrogen (secondary N) is 2. The predicted molar refractivity (Wildman–Crippen MR) is 94.1 cm³/mol. The highest BCUT2D eigenvalue weighted by Crippen LogP contribution is 2.30. The number of para-hydroxylation sites is 2. The highest BCUT2D eigenvalue weighted by molar-refractivity contribution is 5.92. The lowest BCUT2D eigenvalue weighted by Gasteiger charge is -2.25. The molecule has 28 heavy (non-hydrogen) atoms. The van der Waals surface area contributed by atoms with Crippen molar-refractivity contribution in [3.63, 3.8) is 0 Å². The molecule has 0 aromatic heterocycles. The van der Waals surface area contributed by atoms with Gasteiger partial charge in [-0.15, -0.1) is 0 Å². The minimum absolute atomic E-state index is 0.00754. The van der Waals surface area contributed by atoms with Gasteiger partial charge in [-0.3, -0.25) is 20.4 Å². The van der Waals surface area contributed by atoms with Crippen LogP contribution < -0.4 is 20.3 Å². The molecule has 3 rings (SSSR count). The van der Waals surface area contributed by atoms with E-state index in [4.69, 9.17) is 19.5 Å². The average Bonchev–Trinajstić information content (AvgIpc) is 2.75. The van der Waals surface area contributed by atoms with E-state index in [1.54, 1.807) is 24.3 Å². The van der Waals surface area contributed by atoms with Gasteiger partial charge < -0.3 is 14.2 Å². The number of nitrogens with zero attached hydrogens (tertiary/aromatic N) is 1. The monoisotopic (exact) mass is 381 g/mol. The summed E-state index contributed by atoms with van der Waals surface area (Å²) in [6.45, 7) is -0.601. The molecule has 0 saturated heterocycles. The number of hydrogen-bond donors (Lipinski definition) is 2. The molecule has 0 aliphatic carbocycles. The molecule has 2 amide bonds. The van der Waals surface area contributed by atoms with Crippen molar-refractivity contribution in [3.05, 3.63) is 59.7 Å². The Kier molecular flexibility index (Phi) is 5.72. The van der Waals surface area contributed by atoms with E-state index in [0.29, 0.717) is 17.1 Å². The van der Waals surface area contributed by atoms with Crippen LogP contribution in [-0.2, 0) is 14.3 Å². The first-order valence-corrected chi connectivity index (χ1v) is 8.21. The normalized spacial score (nSPS) is 14.3. The SMILES string of the molecule is N#Cc1ccc(C(=O)OCC(=O)NNC(=O)C2COc3ccccc3O2)cc1. The topological polar surface area (TPSA) is 127 Å². The molecule has 1 atom stereocenters. The third-order valence-electron chi connectivity index (χ3n) is 3.71. The van der Waals surface area contributed by atoms with Crippen LogP contribution in [-0.4, -0.2) is 37.1 Å². The lowest BCUT2D eigenvalue weighted by Crippen LogP contribution is -2.51. The van der Waals surface area contributed by atoms with Gasteiger partial charge in [-0.1, -0.05) is 12.1 Å². The molecule has 9 heteroatoms. The first kappa shape index (κ1) is 18.7. The van der Waals surface area contributed by atoms with Crippen LogP contribution in [0.5, 0.6) is 11.5 Å². The minimum Gasteiger partial charge on any atom is -0.485 e. The van der Waals surface area contributed by atoms with Crippen LogP contribution in [0.2, 0.25) is 0 Å². The number of hydrogen-bond acceptors (Lipinski definition) is 7. The lowest BCUT2D eigenvalue weighted by atomic mass is 10.1. The van der Waals surface area contributed by atoms with Crippen molar-refractivity contribution in [2.45, 2.75) is 6.10 Å². The maximum absolute atomic E-state index is 12.1. The van der Waals surface area contributed by atoms with Gasteiger partial charge >= 0.3 is 5.97 Å². The van der Waals surface area contributed by atoms with Crippen LogP contribution in [0.15, 0.2) is 48.5 Å². The summed E-state index contributed by atoms with van der Waals surface area (Å²) in [5, 5.41) is 8.72. The number of hydrazine groups is 1. The van der Waals surface area contributed by atoms with Gasteiger partial charge in [0.15, 0.2) is 18.1 Å². The van der Waals surface area contributed by atoms with Gasteiger partial charge in [0.05, 0.1) is 17.2 Å². The van der Waals surface area contributed by atoms with Crippen LogP contribution >= 0.6 is 0 Å². The number of carbonyl (C=O) groups is 3. The van der Waals surface area contributed by atoms with E-state index in [1.807, 2.05) is 6.07 Å². The van der Waals surface area contributed by atoms with Gasteiger partial charge in [0.25, 0.3) is 11.8 Å². The molecule has 1 unspecified atom stereocenters. The zero-order valence-electron chi connectivity index (χ0n) is 14.5. The minimum atomic E-state index is -0.934. The first-order chi connectivity index (χ1) is 13.6. The second-order valence-corrected chi connectivity index (χ2v) is 5.67. The van der Waals surface area contributed by atoms with Crippen LogP contribution in [0.4, 0.5) is 0 Å². The summed E-state index contributed by atoms with van der Waals surface area (Å²) in [6, 6.07) is 14.6. The number of benzene rings is 2. The maximum Gasteiger partial charge on any atom is 0.338 e. The molecule has 2 aromatic rings. The Bertz CT molecular complexity index is 935. The summed E-state index contributed by atoms with van der Waals surface area (Å²) in [7, 11) is 0. The molecule has 1 aliphatic heterocycles. The molecule has 142 valence electrons. The van der Waals surface area contributed by atoms with E-state index >= 15 is 0 Å². The lowest BCUT2D eigenvalue weighted by molar-refractivity contribution is -0.135. The number of rotatable bonds is 4. The fourth-order valence-electron chi connectivity index (χ4n) is 2.29. The number of esters is 1. The van der Waals surface area contributed by atoms with Crippen molar-refractivity contribution in [3.8, 4) is 17.6 Å². The molecule has 9 nitrogen and oxygen atoms in total. The van der Waals surface area contributed by atoms with Crippen molar-refractivity contribution < 1.29 is 28.6 Å². The summed E-state index contributed by atoms with van der Waals surface area (Å²) in [6.07, 6.45) is -0.934. The van der Waals surface area contributed by atoms with E-state index in [-0.39, 0.29) is 12.2 Å². The number of fused-ring (bicyclic) bond motifs is 1. The van der Waals surface area contributed by atoms with Gasteiger partial charge in [-0.2, -0.15) is 5.26 Å². The third-order valence-corrected chi connectivity index (χ3v) is 3.71.